The molecule has 0 heterocycles. The predicted octanol–water partition coefficient (Wildman–Crippen LogP) is 1.65. The van der Waals surface area contributed by atoms with E-state index in [2.05, 4.69) is 5.32 Å². The molecule has 2 N–H and O–H groups in total. The number of hydrogen-bond donors (Lipinski definition) is 2. The van der Waals surface area contributed by atoms with Crippen molar-refractivity contribution in [1.29, 1.82) is 0 Å². The monoisotopic (exact) mass is 195 g/mol. The van der Waals surface area contributed by atoms with Gasteiger partial charge in [-0.2, -0.15) is 0 Å². The van der Waals surface area contributed by atoms with Gasteiger partial charge >= 0.3 is 0 Å². The van der Waals surface area contributed by atoms with E-state index in [1.807, 2.05) is 26.1 Å². The smallest absolute Gasteiger partial charge is 0.120 e. The number of phenols is 1. The van der Waals surface area contributed by atoms with E-state index in [9.17, 15) is 5.11 Å². The van der Waals surface area contributed by atoms with E-state index in [1.54, 1.807) is 6.07 Å². The minimum absolute atomic E-state index is 0.330. The highest BCUT2D eigenvalue weighted by Crippen LogP contribution is 2.18. The van der Waals surface area contributed by atoms with Crippen LogP contribution in [0.5, 0.6) is 5.75 Å². The van der Waals surface area contributed by atoms with E-state index >= 15 is 0 Å². The van der Waals surface area contributed by atoms with Crippen LogP contribution in [0.3, 0.4) is 0 Å². The number of aromatic hydroxyl groups is 1. The van der Waals surface area contributed by atoms with Crippen LogP contribution in [0.1, 0.15) is 18.1 Å². The summed E-state index contributed by atoms with van der Waals surface area (Å²) in [6, 6.07) is 5.64. The van der Waals surface area contributed by atoms with Gasteiger partial charge in [0.25, 0.3) is 0 Å². The lowest BCUT2D eigenvalue weighted by Gasteiger charge is -2.06. The van der Waals surface area contributed by atoms with Crippen molar-refractivity contribution in [3.8, 4) is 5.75 Å². The summed E-state index contributed by atoms with van der Waals surface area (Å²) in [4.78, 5) is 0. The lowest BCUT2D eigenvalue weighted by atomic mass is 10.1. The zero-order valence-electron chi connectivity index (χ0n) is 8.71. The van der Waals surface area contributed by atoms with E-state index < -0.39 is 0 Å². The highest BCUT2D eigenvalue weighted by atomic mass is 16.5. The molecule has 0 aliphatic rings. The van der Waals surface area contributed by atoms with Crippen LogP contribution in [0.4, 0.5) is 0 Å². The summed E-state index contributed by atoms with van der Waals surface area (Å²) in [6.45, 7) is 3.89. The molecule has 0 amide bonds. The second-order valence-corrected chi connectivity index (χ2v) is 3.13. The number of hydrogen-bond acceptors (Lipinski definition) is 3. The standard InChI is InChI=1S/C11H17NO2/c1-3-14-8-9-4-5-10(7-12-2)11(13)6-9/h4-6,12-13H,3,7-8H2,1-2H3. The summed E-state index contributed by atoms with van der Waals surface area (Å²) in [6.07, 6.45) is 0. The molecule has 0 saturated heterocycles. The average Bonchev–Trinajstić information content (AvgIpc) is 2.19. The van der Waals surface area contributed by atoms with Crippen LogP contribution in [0.2, 0.25) is 0 Å². The minimum Gasteiger partial charge on any atom is -0.508 e. The first-order chi connectivity index (χ1) is 6.77. The molecule has 0 aliphatic heterocycles. The second-order valence-electron chi connectivity index (χ2n) is 3.13. The molecule has 1 rings (SSSR count). The number of benzene rings is 1. The van der Waals surface area contributed by atoms with E-state index in [1.165, 1.54) is 0 Å². The van der Waals surface area contributed by atoms with Crippen LogP contribution in [-0.2, 0) is 17.9 Å². The summed E-state index contributed by atoms with van der Waals surface area (Å²) in [5, 5.41) is 12.6. The van der Waals surface area contributed by atoms with Gasteiger partial charge in [-0.3, -0.25) is 0 Å². The van der Waals surface area contributed by atoms with E-state index in [0.29, 0.717) is 25.5 Å². The summed E-state index contributed by atoms with van der Waals surface area (Å²) in [5.74, 6) is 0.330. The Morgan fingerprint density at radius 2 is 2.21 bits per heavy atom. The largest absolute Gasteiger partial charge is 0.508 e. The molecule has 3 nitrogen and oxygen atoms in total. The summed E-state index contributed by atoms with van der Waals surface area (Å²) < 4.78 is 5.25. The van der Waals surface area contributed by atoms with E-state index in [4.69, 9.17) is 4.74 Å². The Balaban J connectivity index is 2.68. The molecule has 3 heteroatoms. The van der Waals surface area contributed by atoms with Crippen molar-refractivity contribution >= 4 is 0 Å². The molecule has 0 saturated carbocycles. The van der Waals surface area contributed by atoms with Crippen LogP contribution < -0.4 is 5.32 Å². The summed E-state index contributed by atoms with van der Waals surface area (Å²) >= 11 is 0. The van der Waals surface area contributed by atoms with Gasteiger partial charge in [0.2, 0.25) is 0 Å². The lowest BCUT2D eigenvalue weighted by molar-refractivity contribution is 0.134. The van der Waals surface area contributed by atoms with Gasteiger partial charge in [-0.15, -0.1) is 0 Å². The van der Waals surface area contributed by atoms with Crippen LogP contribution in [-0.4, -0.2) is 18.8 Å². The maximum atomic E-state index is 9.63. The van der Waals surface area contributed by atoms with Gasteiger partial charge in [0.15, 0.2) is 0 Å². The van der Waals surface area contributed by atoms with Gasteiger partial charge in [-0.05, 0) is 25.6 Å². The minimum atomic E-state index is 0.330. The third kappa shape index (κ3) is 3.01. The lowest BCUT2D eigenvalue weighted by Crippen LogP contribution is -2.05. The first-order valence-electron chi connectivity index (χ1n) is 4.81. The van der Waals surface area contributed by atoms with Crippen LogP contribution >= 0.6 is 0 Å². The molecule has 1 aromatic carbocycles. The Hall–Kier alpha value is -1.06. The van der Waals surface area contributed by atoms with Crippen molar-refractivity contribution in [1.82, 2.24) is 5.32 Å². The SMILES string of the molecule is CCOCc1ccc(CNC)c(O)c1. The molecule has 0 atom stereocenters. The van der Waals surface area contributed by atoms with Gasteiger partial charge in [-0.25, -0.2) is 0 Å². The molecule has 0 unspecified atom stereocenters. The molecule has 0 spiro atoms. The van der Waals surface area contributed by atoms with Crippen molar-refractivity contribution in [2.24, 2.45) is 0 Å². The summed E-state index contributed by atoms with van der Waals surface area (Å²) in [5.41, 5.74) is 1.91. The Bertz CT molecular complexity index is 287. The number of rotatable bonds is 5. The molecule has 0 radical (unpaired) electrons. The molecular weight excluding hydrogens is 178 g/mol. The number of phenolic OH excluding ortho intramolecular Hbond substituents is 1. The first-order valence-corrected chi connectivity index (χ1v) is 4.81. The number of ether oxygens (including phenoxy) is 1. The Labute approximate surface area is 84.7 Å². The van der Waals surface area contributed by atoms with Gasteiger partial charge in [0.1, 0.15) is 5.75 Å². The first kappa shape index (κ1) is 11.0. The van der Waals surface area contributed by atoms with Crippen LogP contribution in [0.15, 0.2) is 18.2 Å². The zero-order chi connectivity index (χ0) is 10.4. The molecule has 0 bridgehead atoms. The Morgan fingerprint density at radius 1 is 1.43 bits per heavy atom. The molecule has 78 valence electrons. The molecule has 1 aromatic rings. The third-order valence-electron chi connectivity index (χ3n) is 1.99. The number of nitrogens with one attached hydrogen (secondary N) is 1. The third-order valence-corrected chi connectivity index (χ3v) is 1.99. The van der Waals surface area contributed by atoms with E-state index in [-0.39, 0.29) is 0 Å². The fourth-order valence-corrected chi connectivity index (χ4v) is 1.26. The predicted molar refractivity (Wildman–Crippen MR) is 56.2 cm³/mol. The molecular formula is C11H17NO2. The van der Waals surface area contributed by atoms with Crippen molar-refractivity contribution in [3.63, 3.8) is 0 Å². The van der Waals surface area contributed by atoms with E-state index in [0.717, 1.165) is 11.1 Å². The van der Waals surface area contributed by atoms with Gasteiger partial charge in [-0.1, -0.05) is 12.1 Å². The maximum Gasteiger partial charge on any atom is 0.120 e. The molecule has 0 fully saturated rings. The summed E-state index contributed by atoms with van der Waals surface area (Å²) in [7, 11) is 1.85. The average molecular weight is 195 g/mol. The van der Waals surface area contributed by atoms with Gasteiger partial charge in [0, 0.05) is 18.7 Å². The highest BCUT2D eigenvalue weighted by Gasteiger charge is 2.01. The van der Waals surface area contributed by atoms with Crippen molar-refractivity contribution in [2.75, 3.05) is 13.7 Å². The maximum absolute atomic E-state index is 9.63. The van der Waals surface area contributed by atoms with Gasteiger partial charge < -0.3 is 15.2 Å². The van der Waals surface area contributed by atoms with Crippen LogP contribution in [0, 0.1) is 0 Å². The normalized spacial score (nSPS) is 10.4. The zero-order valence-corrected chi connectivity index (χ0v) is 8.71. The molecule has 0 aliphatic carbocycles. The Kier molecular flexibility index (Phi) is 4.43. The van der Waals surface area contributed by atoms with Crippen molar-refractivity contribution in [3.05, 3.63) is 29.3 Å². The van der Waals surface area contributed by atoms with Crippen LogP contribution in [0.25, 0.3) is 0 Å². The van der Waals surface area contributed by atoms with Crippen molar-refractivity contribution < 1.29 is 9.84 Å². The Morgan fingerprint density at radius 3 is 2.79 bits per heavy atom. The topological polar surface area (TPSA) is 41.5 Å². The molecule has 0 aromatic heterocycles. The van der Waals surface area contributed by atoms with Crippen molar-refractivity contribution in [2.45, 2.75) is 20.1 Å². The van der Waals surface area contributed by atoms with Gasteiger partial charge in [0.05, 0.1) is 6.61 Å². The fraction of sp³-hybridized carbons (Fsp3) is 0.455. The highest BCUT2D eigenvalue weighted by molar-refractivity contribution is 5.36. The molecule has 14 heavy (non-hydrogen) atoms. The second kappa shape index (κ2) is 5.62. The quantitative estimate of drug-likeness (QED) is 0.750. The fourth-order valence-electron chi connectivity index (χ4n) is 1.26.